The van der Waals surface area contributed by atoms with Gasteiger partial charge in [0.05, 0.1) is 0 Å². The highest BCUT2D eigenvalue weighted by Gasteiger charge is 1.94. The summed E-state index contributed by atoms with van der Waals surface area (Å²) in [6.07, 6.45) is 3.24. The van der Waals surface area contributed by atoms with Crippen LogP contribution in [-0.2, 0) is 12.8 Å². The zero-order valence-corrected chi connectivity index (χ0v) is 11.3. The molecule has 2 heteroatoms. The van der Waals surface area contributed by atoms with Gasteiger partial charge in [0.1, 0.15) is 0 Å². The third-order valence-corrected chi connectivity index (χ3v) is 3.06. The molecule has 0 saturated carbocycles. The van der Waals surface area contributed by atoms with Crippen molar-refractivity contribution in [2.24, 2.45) is 0 Å². The van der Waals surface area contributed by atoms with Gasteiger partial charge < -0.3 is 0 Å². The maximum atomic E-state index is 4.35. The Labute approximate surface area is 115 Å². The molecule has 0 saturated heterocycles. The summed E-state index contributed by atoms with van der Waals surface area (Å²) in [6.45, 7) is 1.79. The molecule has 1 radical (unpaired) electrons. The topological polar surface area (TPSA) is 26.1 Å². The Morgan fingerprint density at radius 2 is 1.32 bits per heavy atom. The lowest BCUT2D eigenvalue weighted by Gasteiger charge is -2.05. The molecule has 0 aliphatic carbocycles. The largest absolute Gasteiger partial charge is 0.240 e. The molecule has 19 heavy (non-hydrogen) atoms. The Hall–Kier alpha value is -1.64. The zero-order valence-electron chi connectivity index (χ0n) is 11.3. The van der Waals surface area contributed by atoms with Crippen LogP contribution in [0.2, 0.25) is 0 Å². The highest BCUT2D eigenvalue weighted by molar-refractivity contribution is 5.15. The molecule has 0 heterocycles. The van der Waals surface area contributed by atoms with Gasteiger partial charge in [0.25, 0.3) is 0 Å². The van der Waals surface area contributed by atoms with Crippen molar-refractivity contribution in [1.82, 2.24) is 10.9 Å². The molecule has 0 aliphatic heterocycles. The van der Waals surface area contributed by atoms with Crippen molar-refractivity contribution in [3.05, 3.63) is 71.8 Å². The number of hydrogen-bond acceptors (Lipinski definition) is 1. The van der Waals surface area contributed by atoms with E-state index in [4.69, 9.17) is 0 Å². The molecule has 0 aliphatic rings. The second-order valence-corrected chi connectivity index (χ2v) is 4.61. The average molecular weight is 253 g/mol. The molecule has 0 atom stereocenters. The maximum absolute atomic E-state index is 4.35. The lowest BCUT2D eigenvalue weighted by Crippen LogP contribution is -2.27. The van der Waals surface area contributed by atoms with E-state index in [9.17, 15) is 0 Å². The Morgan fingerprint density at radius 3 is 1.95 bits per heavy atom. The minimum atomic E-state index is 0.843. The summed E-state index contributed by atoms with van der Waals surface area (Å²) in [5, 5.41) is 0. The van der Waals surface area contributed by atoms with E-state index in [1.165, 1.54) is 11.1 Å². The van der Waals surface area contributed by atoms with Gasteiger partial charge in [-0.2, -0.15) is 5.43 Å². The Balaban J connectivity index is 1.49. The van der Waals surface area contributed by atoms with E-state index >= 15 is 0 Å². The van der Waals surface area contributed by atoms with Crippen molar-refractivity contribution in [2.45, 2.75) is 19.3 Å². The fourth-order valence-corrected chi connectivity index (χ4v) is 2.00. The highest BCUT2D eigenvalue weighted by atomic mass is 15.3. The second kappa shape index (κ2) is 8.46. The van der Waals surface area contributed by atoms with Crippen LogP contribution in [0.5, 0.6) is 0 Å². The molecular formula is C17H21N2. The molecular weight excluding hydrogens is 232 g/mol. The maximum Gasteiger partial charge on any atom is 0.0344 e. The average Bonchev–Trinajstić information content (AvgIpc) is 2.48. The summed E-state index contributed by atoms with van der Waals surface area (Å²) in [6, 6.07) is 21.1. The number of nitrogens with one attached hydrogen (secondary N) is 1. The molecule has 2 nitrogen and oxygen atoms in total. The van der Waals surface area contributed by atoms with Crippen LogP contribution in [0.1, 0.15) is 17.5 Å². The predicted molar refractivity (Wildman–Crippen MR) is 79.9 cm³/mol. The fraction of sp³-hybridized carbons (Fsp3) is 0.294. The molecule has 0 spiro atoms. The number of hydrogen-bond donors (Lipinski definition) is 1. The van der Waals surface area contributed by atoms with Crippen LogP contribution in [0.4, 0.5) is 0 Å². The predicted octanol–water partition coefficient (Wildman–Crippen LogP) is 2.97. The molecule has 0 unspecified atom stereocenters. The van der Waals surface area contributed by atoms with Crippen LogP contribution in [0, 0.1) is 0 Å². The van der Waals surface area contributed by atoms with Gasteiger partial charge in [-0.15, -0.1) is 0 Å². The van der Waals surface area contributed by atoms with Crippen LogP contribution in [-0.4, -0.2) is 13.1 Å². The van der Waals surface area contributed by atoms with Crippen molar-refractivity contribution in [3.63, 3.8) is 0 Å². The summed E-state index contributed by atoms with van der Waals surface area (Å²) < 4.78 is 0. The first-order chi connectivity index (χ1) is 9.45. The summed E-state index contributed by atoms with van der Waals surface area (Å²) >= 11 is 0. The summed E-state index contributed by atoms with van der Waals surface area (Å²) in [4.78, 5) is 0. The number of benzene rings is 2. The smallest absolute Gasteiger partial charge is 0.0344 e. The van der Waals surface area contributed by atoms with Crippen LogP contribution >= 0.6 is 0 Å². The SMILES string of the molecule is c1ccc(CCCN[N]CCc2ccccc2)cc1. The minimum absolute atomic E-state index is 0.843. The molecule has 0 aromatic heterocycles. The molecule has 2 aromatic carbocycles. The van der Waals surface area contributed by atoms with Crippen molar-refractivity contribution in [3.8, 4) is 0 Å². The van der Waals surface area contributed by atoms with Crippen LogP contribution < -0.4 is 10.9 Å². The van der Waals surface area contributed by atoms with Gasteiger partial charge in [0, 0.05) is 13.1 Å². The first-order valence-electron chi connectivity index (χ1n) is 6.92. The Kier molecular flexibility index (Phi) is 6.14. The molecule has 2 aromatic rings. The van der Waals surface area contributed by atoms with Gasteiger partial charge in [0.15, 0.2) is 0 Å². The first-order valence-corrected chi connectivity index (χ1v) is 6.92. The van der Waals surface area contributed by atoms with E-state index in [0.29, 0.717) is 0 Å². The number of rotatable bonds is 8. The Bertz CT molecular complexity index is 396. The highest BCUT2D eigenvalue weighted by Crippen LogP contribution is 2.01. The van der Waals surface area contributed by atoms with E-state index < -0.39 is 0 Å². The number of aryl methyl sites for hydroxylation is 1. The summed E-state index contributed by atoms with van der Waals surface area (Å²) in [5.41, 5.74) is 10.2. The van der Waals surface area contributed by atoms with Crippen molar-refractivity contribution >= 4 is 0 Å². The normalized spacial score (nSPS) is 10.5. The standard InChI is InChI=1S/C17H21N2/c1-3-8-16(9-4-1)12-7-14-18-19-15-13-17-10-5-2-6-11-17/h1-6,8-11,18H,7,12-15H2. The third kappa shape index (κ3) is 5.69. The van der Waals surface area contributed by atoms with Crippen LogP contribution in [0.3, 0.4) is 0 Å². The minimum Gasteiger partial charge on any atom is -0.240 e. The molecule has 0 amide bonds. The summed E-state index contributed by atoms with van der Waals surface area (Å²) in [7, 11) is 0. The fourth-order valence-electron chi connectivity index (χ4n) is 2.00. The molecule has 0 fully saturated rings. The van der Waals surface area contributed by atoms with Crippen molar-refractivity contribution < 1.29 is 0 Å². The van der Waals surface area contributed by atoms with E-state index in [-0.39, 0.29) is 0 Å². The number of nitrogens with zero attached hydrogens (tertiary/aromatic N) is 1. The van der Waals surface area contributed by atoms with Crippen molar-refractivity contribution in [2.75, 3.05) is 13.1 Å². The zero-order chi connectivity index (χ0) is 13.2. The van der Waals surface area contributed by atoms with Gasteiger partial charge in [-0.25, -0.2) is 5.43 Å². The van der Waals surface area contributed by atoms with Crippen LogP contribution in [0.15, 0.2) is 60.7 Å². The van der Waals surface area contributed by atoms with E-state index in [1.54, 1.807) is 0 Å². The summed E-state index contributed by atoms with van der Waals surface area (Å²) in [5.74, 6) is 0. The quantitative estimate of drug-likeness (QED) is 0.568. The molecule has 1 N–H and O–H groups in total. The second-order valence-electron chi connectivity index (χ2n) is 4.61. The van der Waals surface area contributed by atoms with Gasteiger partial charge in [0.2, 0.25) is 0 Å². The van der Waals surface area contributed by atoms with Crippen molar-refractivity contribution in [1.29, 1.82) is 0 Å². The first kappa shape index (κ1) is 13.8. The van der Waals surface area contributed by atoms with E-state index in [0.717, 1.165) is 32.4 Å². The lowest BCUT2D eigenvalue weighted by molar-refractivity contribution is 0.511. The van der Waals surface area contributed by atoms with Gasteiger partial charge in [-0.1, -0.05) is 60.7 Å². The van der Waals surface area contributed by atoms with Gasteiger partial charge in [-0.3, -0.25) is 0 Å². The third-order valence-electron chi connectivity index (χ3n) is 3.06. The molecule has 2 rings (SSSR count). The van der Waals surface area contributed by atoms with E-state index in [1.807, 2.05) is 6.07 Å². The molecule has 0 bridgehead atoms. The van der Waals surface area contributed by atoms with Gasteiger partial charge in [-0.05, 0) is 30.4 Å². The van der Waals surface area contributed by atoms with Gasteiger partial charge >= 0.3 is 0 Å². The monoisotopic (exact) mass is 253 g/mol. The van der Waals surface area contributed by atoms with Crippen LogP contribution in [0.25, 0.3) is 0 Å². The molecule has 99 valence electrons. The lowest BCUT2D eigenvalue weighted by atomic mass is 10.1. The Morgan fingerprint density at radius 1 is 0.737 bits per heavy atom. The van der Waals surface area contributed by atoms with E-state index in [2.05, 4.69) is 65.4 Å².